The predicted molar refractivity (Wildman–Crippen MR) is 56.4 cm³/mol. The molecule has 0 aromatic carbocycles. The summed E-state index contributed by atoms with van der Waals surface area (Å²) in [7, 11) is 0. The van der Waals surface area contributed by atoms with Crippen molar-refractivity contribution in [3.8, 4) is 12.3 Å². The molecule has 1 fully saturated rings. The van der Waals surface area contributed by atoms with Crippen molar-refractivity contribution in [3.05, 3.63) is 0 Å². The zero-order chi connectivity index (χ0) is 9.52. The summed E-state index contributed by atoms with van der Waals surface area (Å²) < 4.78 is 5.30. The minimum absolute atomic E-state index is 0.339. The van der Waals surface area contributed by atoms with Crippen LogP contribution in [0.4, 0.5) is 0 Å². The average Bonchev–Trinajstić information content (AvgIpc) is 2.16. The Labute approximate surface area is 84.2 Å². The van der Waals surface area contributed by atoms with E-state index in [2.05, 4.69) is 16.6 Å². The third-order valence-electron chi connectivity index (χ3n) is 1.85. The van der Waals surface area contributed by atoms with Gasteiger partial charge in [-0.25, -0.2) is 0 Å². The molecule has 0 saturated carbocycles. The van der Waals surface area contributed by atoms with Gasteiger partial charge in [-0.1, -0.05) is 5.92 Å². The van der Waals surface area contributed by atoms with E-state index in [1.54, 1.807) is 0 Å². The molecule has 1 atom stereocenters. The fourth-order valence-corrected chi connectivity index (χ4v) is 1.46. The smallest absolute Gasteiger partial charge is 0.167 e. The molecule has 1 aliphatic heterocycles. The van der Waals surface area contributed by atoms with Crippen molar-refractivity contribution in [1.29, 1.82) is 0 Å². The van der Waals surface area contributed by atoms with Crippen molar-refractivity contribution < 1.29 is 4.74 Å². The molecule has 0 radical (unpaired) electrons. The number of rotatable bonds is 2. The van der Waals surface area contributed by atoms with Gasteiger partial charge in [0.25, 0.3) is 0 Å². The molecule has 4 heteroatoms. The number of hydrogen-bond acceptors (Lipinski definition) is 2. The summed E-state index contributed by atoms with van der Waals surface area (Å²) in [5.74, 6) is 2.47. The van der Waals surface area contributed by atoms with Gasteiger partial charge >= 0.3 is 0 Å². The Morgan fingerprint density at radius 3 is 3.15 bits per heavy atom. The van der Waals surface area contributed by atoms with Crippen LogP contribution in [0.15, 0.2) is 0 Å². The predicted octanol–water partition coefficient (Wildman–Crippen LogP) is 0.263. The third-order valence-corrected chi connectivity index (χ3v) is 2.11. The first-order valence-electron chi connectivity index (χ1n) is 4.38. The average molecular weight is 198 g/mol. The van der Waals surface area contributed by atoms with E-state index >= 15 is 0 Å². The van der Waals surface area contributed by atoms with E-state index in [0.29, 0.717) is 17.7 Å². The molecule has 0 amide bonds. The van der Waals surface area contributed by atoms with Gasteiger partial charge in [-0.05, 0) is 25.1 Å². The van der Waals surface area contributed by atoms with Crippen molar-refractivity contribution in [2.24, 2.45) is 0 Å². The second-order valence-electron chi connectivity index (χ2n) is 2.95. The molecule has 0 aromatic rings. The monoisotopic (exact) mass is 198 g/mol. The van der Waals surface area contributed by atoms with Crippen LogP contribution in [0.3, 0.4) is 0 Å². The lowest BCUT2D eigenvalue weighted by Crippen LogP contribution is -2.45. The second-order valence-corrected chi connectivity index (χ2v) is 3.35. The molecule has 1 heterocycles. The van der Waals surface area contributed by atoms with E-state index in [1.165, 1.54) is 0 Å². The third kappa shape index (κ3) is 4.11. The summed E-state index contributed by atoms with van der Waals surface area (Å²) in [5.41, 5.74) is 0. The highest BCUT2D eigenvalue weighted by atomic mass is 32.1. The summed E-state index contributed by atoms with van der Waals surface area (Å²) in [4.78, 5) is 0. The van der Waals surface area contributed by atoms with Crippen LogP contribution in [0.1, 0.15) is 12.8 Å². The van der Waals surface area contributed by atoms with Crippen LogP contribution >= 0.6 is 12.2 Å². The Balaban J connectivity index is 2.15. The van der Waals surface area contributed by atoms with Crippen molar-refractivity contribution in [1.82, 2.24) is 10.6 Å². The summed E-state index contributed by atoms with van der Waals surface area (Å²) in [5, 5.41) is 6.68. The highest BCUT2D eigenvalue weighted by molar-refractivity contribution is 7.80. The van der Waals surface area contributed by atoms with Crippen LogP contribution in [-0.2, 0) is 4.74 Å². The Morgan fingerprint density at radius 2 is 2.54 bits per heavy atom. The Kier molecular flexibility index (Phi) is 4.58. The lowest BCUT2D eigenvalue weighted by atomic mass is 10.1. The van der Waals surface area contributed by atoms with Crippen LogP contribution < -0.4 is 10.6 Å². The minimum Gasteiger partial charge on any atom is -0.379 e. The largest absolute Gasteiger partial charge is 0.379 e. The molecule has 13 heavy (non-hydrogen) atoms. The van der Waals surface area contributed by atoms with Gasteiger partial charge in [0, 0.05) is 6.61 Å². The zero-order valence-electron chi connectivity index (χ0n) is 7.51. The molecule has 2 N–H and O–H groups in total. The van der Waals surface area contributed by atoms with E-state index < -0.39 is 0 Å². The molecular formula is C9H14N2OS. The maximum absolute atomic E-state index is 5.30. The van der Waals surface area contributed by atoms with Gasteiger partial charge in [0.2, 0.25) is 0 Å². The lowest BCUT2D eigenvalue weighted by Gasteiger charge is -2.24. The molecule has 0 aliphatic carbocycles. The molecule has 0 spiro atoms. The first-order valence-corrected chi connectivity index (χ1v) is 4.79. The van der Waals surface area contributed by atoms with Crippen LogP contribution in [0.25, 0.3) is 0 Å². The zero-order valence-corrected chi connectivity index (χ0v) is 8.32. The first kappa shape index (κ1) is 10.3. The van der Waals surface area contributed by atoms with Gasteiger partial charge in [0.1, 0.15) is 0 Å². The van der Waals surface area contributed by atoms with E-state index in [9.17, 15) is 0 Å². The normalized spacial score (nSPS) is 21.6. The maximum Gasteiger partial charge on any atom is 0.167 e. The van der Waals surface area contributed by atoms with Crippen molar-refractivity contribution in [2.75, 3.05) is 19.8 Å². The standard InChI is InChI=1S/C9H14N2OS/c1-2-5-10-9(13)11-8-4-3-6-12-7-8/h1,8H,3-7H2,(H2,10,11,13)/t8-/m1/s1. The highest BCUT2D eigenvalue weighted by Gasteiger charge is 2.13. The minimum atomic E-state index is 0.339. The number of terminal acetylenes is 1. The maximum atomic E-state index is 5.30. The van der Waals surface area contributed by atoms with Gasteiger partial charge in [-0.15, -0.1) is 6.42 Å². The molecular weight excluding hydrogens is 184 g/mol. The Hall–Kier alpha value is -0.790. The molecule has 1 saturated heterocycles. The lowest BCUT2D eigenvalue weighted by molar-refractivity contribution is 0.0764. The highest BCUT2D eigenvalue weighted by Crippen LogP contribution is 2.05. The summed E-state index contributed by atoms with van der Waals surface area (Å²) in [6.45, 7) is 2.07. The van der Waals surface area contributed by atoms with Crippen LogP contribution in [0, 0.1) is 12.3 Å². The summed E-state index contributed by atoms with van der Waals surface area (Å²) in [6.07, 6.45) is 7.29. The SMILES string of the molecule is C#CCNC(=S)N[C@@H]1CCCOC1. The van der Waals surface area contributed by atoms with Gasteiger partial charge < -0.3 is 15.4 Å². The molecule has 1 rings (SSSR count). The summed E-state index contributed by atoms with van der Waals surface area (Å²) in [6, 6.07) is 0.339. The topological polar surface area (TPSA) is 33.3 Å². The Bertz CT molecular complexity index is 206. The quantitative estimate of drug-likeness (QED) is 0.493. The number of ether oxygens (including phenoxy) is 1. The molecule has 3 nitrogen and oxygen atoms in total. The number of thiocarbonyl (C=S) groups is 1. The van der Waals surface area contributed by atoms with Crippen molar-refractivity contribution in [3.63, 3.8) is 0 Å². The molecule has 0 bridgehead atoms. The Morgan fingerprint density at radius 1 is 1.69 bits per heavy atom. The number of nitrogens with one attached hydrogen (secondary N) is 2. The van der Waals surface area contributed by atoms with E-state index in [-0.39, 0.29) is 0 Å². The van der Waals surface area contributed by atoms with Crippen LogP contribution in [0.5, 0.6) is 0 Å². The van der Waals surface area contributed by atoms with E-state index in [0.717, 1.165) is 26.1 Å². The van der Waals surface area contributed by atoms with Gasteiger partial charge in [-0.3, -0.25) is 0 Å². The van der Waals surface area contributed by atoms with E-state index in [4.69, 9.17) is 23.4 Å². The summed E-state index contributed by atoms with van der Waals surface area (Å²) >= 11 is 5.03. The fraction of sp³-hybridized carbons (Fsp3) is 0.667. The second kappa shape index (κ2) is 5.79. The first-order chi connectivity index (χ1) is 6.33. The van der Waals surface area contributed by atoms with Crippen molar-refractivity contribution >= 4 is 17.3 Å². The van der Waals surface area contributed by atoms with Gasteiger partial charge in [-0.2, -0.15) is 0 Å². The molecule has 72 valence electrons. The van der Waals surface area contributed by atoms with Crippen LogP contribution in [0.2, 0.25) is 0 Å². The molecule has 0 unspecified atom stereocenters. The van der Waals surface area contributed by atoms with E-state index in [1.807, 2.05) is 0 Å². The fourth-order valence-electron chi connectivity index (χ4n) is 1.22. The molecule has 0 aromatic heterocycles. The van der Waals surface area contributed by atoms with Crippen LogP contribution in [-0.4, -0.2) is 30.9 Å². The molecule has 1 aliphatic rings. The van der Waals surface area contributed by atoms with Crippen molar-refractivity contribution in [2.45, 2.75) is 18.9 Å². The van der Waals surface area contributed by atoms with Gasteiger partial charge in [0.05, 0.1) is 19.2 Å². The van der Waals surface area contributed by atoms with Gasteiger partial charge in [0.15, 0.2) is 5.11 Å². The number of hydrogen-bond donors (Lipinski definition) is 2.